The van der Waals surface area contributed by atoms with Gasteiger partial charge in [-0.3, -0.25) is 4.98 Å². The number of nitrogen functional groups attached to an aromatic ring is 1. The summed E-state index contributed by atoms with van der Waals surface area (Å²) in [5.41, 5.74) is 8.15. The third kappa shape index (κ3) is 1.44. The van der Waals surface area contributed by atoms with E-state index in [2.05, 4.69) is 9.97 Å². The molecule has 3 aromatic rings. The van der Waals surface area contributed by atoms with Crippen LogP contribution in [0.25, 0.3) is 22.4 Å². The van der Waals surface area contributed by atoms with Crippen molar-refractivity contribution in [3.63, 3.8) is 0 Å². The van der Waals surface area contributed by atoms with Gasteiger partial charge < -0.3 is 10.3 Å². The molecule has 0 fully saturated rings. The second kappa shape index (κ2) is 3.80. The monoisotopic (exact) mass is 242 g/mol. The van der Waals surface area contributed by atoms with E-state index < -0.39 is 0 Å². The number of pyridine rings is 1. The Bertz CT molecular complexity index is 713. The van der Waals surface area contributed by atoms with Gasteiger partial charge in [-0.25, -0.2) is 9.37 Å². The van der Waals surface area contributed by atoms with Gasteiger partial charge in [-0.15, -0.1) is 0 Å². The molecule has 0 spiro atoms. The van der Waals surface area contributed by atoms with Crippen LogP contribution in [-0.2, 0) is 7.05 Å². The molecule has 0 aliphatic rings. The number of benzene rings is 1. The lowest BCUT2D eigenvalue weighted by molar-refractivity contribution is 0.629. The maximum Gasteiger partial charge on any atom is 0.146 e. The van der Waals surface area contributed by atoms with Gasteiger partial charge in [0.15, 0.2) is 0 Å². The lowest BCUT2D eigenvalue weighted by Gasteiger charge is -2.06. The summed E-state index contributed by atoms with van der Waals surface area (Å²) in [6.07, 6.45) is 3.33. The van der Waals surface area contributed by atoms with Crippen molar-refractivity contribution in [2.75, 3.05) is 5.73 Å². The van der Waals surface area contributed by atoms with E-state index in [4.69, 9.17) is 5.73 Å². The third-order valence-electron chi connectivity index (χ3n) is 2.95. The molecule has 0 aliphatic carbocycles. The van der Waals surface area contributed by atoms with Crippen LogP contribution in [0.2, 0.25) is 0 Å². The van der Waals surface area contributed by atoms with Crippen LogP contribution in [0.5, 0.6) is 0 Å². The van der Waals surface area contributed by atoms with Crippen LogP contribution in [0.15, 0.2) is 36.7 Å². The normalized spacial score (nSPS) is 11.0. The van der Waals surface area contributed by atoms with Crippen LogP contribution in [0.3, 0.4) is 0 Å². The number of imidazole rings is 1. The van der Waals surface area contributed by atoms with Gasteiger partial charge in [-0.05, 0) is 18.2 Å². The first-order valence-corrected chi connectivity index (χ1v) is 5.49. The molecule has 0 amide bonds. The predicted octanol–water partition coefficient (Wildman–Crippen LogP) is 2.36. The van der Waals surface area contributed by atoms with Gasteiger partial charge >= 0.3 is 0 Å². The van der Waals surface area contributed by atoms with Gasteiger partial charge in [0.25, 0.3) is 0 Å². The minimum atomic E-state index is -0.374. The van der Waals surface area contributed by atoms with E-state index >= 15 is 0 Å². The molecule has 0 saturated carbocycles. The van der Waals surface area contributed by atoms with Gasteiger partial charge in [-0.2, -0.15) is 0 Å². The van der Waals surface area contributed by atoms with Crippen LogP contribution >= 0.6 is 0 Å². The number of aryl methyl sites for hydroxylation is 1. The number of hydrogen-bond donors (Lipinski definition) is 1. The molecule has 2 heterocycles. The Kier molecular flexibility index (Phi) is 2.26. The van der Waals surface area contributed by atoms with Gasteiger partial charge in [-0.1, -0.05) is 6.07 Å². The first-order valence-electron chi connectivity index (χ1n) is 5.49. The van der Waals surface area contributed by atoms with Crippen molar-refractivity contribution in [1.82, 2.24) is 14.5 Å². The van der Waals surface area contributed by atoms with Crippen molar-refractivity contribution < 1.29 is 4.39 Å². The molecule has 4 nitrogen and oxygen atoms in total. The molecule has 0 unspecified atom stereocenters. The maximum absolute atomic E-state index is 13.9. The van der Waals surface area contributed by atoms with Crippen LogP contribution in [0.4, 0.5) is 10.1 Å². The lowest BCUT2D eigenvalue weighted by Crippen LogP contribution is -1.99. The lowest BCUT2D eigenvalue weighted by atomic mass is 10.1. The van der Waals surface area contributed by atoms with E-state index in [0.29, 0.717) is 17.1 Å². The van der Waals surface area contributed by atoms with E-state index in [1.807, 2.05) is 17.7 Å². The number of nitrogens with zero attached hydrogens (tertiary/aromatic N) is 3. The molecule has 1 aromatic carbocycles. The molecule has 0 saturated heterocycles. The van der Waals surface area contributed by atoms with E-state index in [-0.39, 0.29) is 5.82 Å². The van der Waals surface area contributed by atoms with Gasteiger partial charge in [0.2, 0.25) is 0 Å². The predicted molar refractivity (Wildman–Crippen MR) is 68.3 cm³/mol. The SMILES string of the molecule is Cn1c(-c2c(N)cccc2F)nc2cnccc21. The number of nitrogens with two attached hydrogens (primary N) is 1. The number of aromatic nitrogens is 3. The Hall–Kier alpha value is -2.43. The fourth-order valence-electron chi connectivity index (χ4n) is 2.05. The number of halogens is 1. The number of hydrogen-bond acceptors (Lipinski definition) is 3. The first kappa shape index (κ1) is 10.7. The highest BCUT2D eigenvalue weighted by molar-refractivity contribution is 5.83. The third-order valence-corrected chi connectivity index (χ3v) is 2.95. The Balaban J connectivity index is 2.36. The smallest absolute Gasteiger partial charge is 0.146 e. The molecule has 0 aliphatic heterocycles. The van der Waals surface area contributed by atoms with Crippen LogP contribution in [0, 0.1) is 5.82 Å². The Morgan fingerprint density at radius 2 is 2.11 bits per heavy atom. The summed E-state index contributed by atoms with van der Waals surface area (Å²) in [4.78, 5) is 8.39. The number of rotatable bonds is 1. The van der Waals surface area contributed by atoms with Crippen LogP contribution in [0.1, 0.15) is 0 Å². The molecule has 2 N–H and O–H groups in total. The average Bonchev–Trinajstić information content (AvgIpc) is 2.68. The van der Waals surface area contributed by atoms with Crippen molar-refractivity contribution in [1.29, 1.82) is 0 Å². The van der Waals surface area contributed by atoms with Gasteiger partial charge in [0.1, 0.15) is 17.2 Å². The average molecular weight is 242 g/mol. The summed E-state index contributed by atoms with van der Waals surface area (Å²) >= 11 is 0. The van der Waals surface area contributed by atoms with Crippen molar-refractivity contribution >= 4 is 16.7 Å². The minimum absolute atomic E-state index is 0.330. The zero-order chi connectivity index (χ0) is 12.7. The standard InChI is InChI=1S/C13H11FN4/c1-18-11-5-6-16-7-10(11)17-13(18)12-8(14)3-2-4-9(12)15/h2-7H,15H2,1H3. The number of anilines is 1. The molecule has 0 radical (unpaired) electrons. The summed E-state index contributed by atoms with van der Waals surface area (Å²) < 4.78 is 15.7. The van der Waals surface area contributed by atoms with Crippen LogP contribution in [-0.4, -0.2) is 14.5 Å². The van der Waals surface area contributed by atoms with E-state index in [1.165, 1.54) is 6.07 Å². The van der Waals surface area contributed by atoms with Crippen molar-refractivity contribution in [2.45, 2.75) is 0 Å². The Morgan fingerprint density at radius 1 is 1.28 bits per heavy atom. The quantitative estimate of drug-likeness (QED) is 0.666. The summed E-state index contributed by atoms with van der Waals surface area (Å²) in [5.74, 6) is 0.134. The first-order chi connectivity index (χ1) is 8.68. The van der Waals surface area contributed by atoms with Crippen molar-refractivity contribution in [3.05, 3.63) is 42.5 Å². The molecule has 3 rings (SSSR count). The largest absolute Gasteiger partial charge is 0.398 e. The molecule has 2 aromatic heterocycles. The molecular formula is C13H11FN4. The second-order valence-electron chi connectivity index (χ2n) is 4.06. The molecule has 0 atom stereocenters. The van der Waals surface area contributed by atoms with Crippen molar-refractivity contribution in [2.24, 2.45) is 7.05 Å². The fourth-order valence-corrected chi connectivity index (χ4v) is 2.05. The molecule has 18 heavy (non-hydrogen) atoms. The van der Waals surface area contributed by atoms with Crippen LogP contribution < -0.4 is 5.73 Å². The van der Waals surface area contributed by atoms with E-state index in [9.17, 15) is 4.39 Å². The molecular weight excluding hydrogens is 231 g/mol. The number of fused-ring (bicyclic) bond motifs is 1. The molecule has 0 bridgehead atoms. The highest BCUT2D eigenvalue weighted by Gasteiger charge is 2.15. The zero-order valence-electron chi connectivity index (χ0n) is 9.76. The van der Waals surface area contributed by atoms with E-state index in [0.717, 1.165) is 11.0 Å². The van der Waals surface area contributed by atoms with Gasteiger partial charge in [0, 0.05) is 18.9 Å². The Labute approximate surface area is 103 Å². The minimum Gasteiger partial charge on any atom is -0.398 e. The summed E-state index contributed by atoms with van der Waals surface area (Å²) in [6, 6.07) is 6.46. The highest BCUT2D eigenvalue weighted by atomic mass is 19.1. The summed E-state index contributed by atoms with van der Waals surface area (Å²) in [6.45, 7) is 0. The molecule has 90 valence electrons. The van der Waals surface area contributed by atoms with Crippen molar-refractivity contribution in [3.8, 4) is 11.4 Å². The molecule has 5 heteroatoms. The Morgan fingerprint density at radius 3 is 2.83 bits per heavy atom. The van der Waals surface area contributed by atoms with Gasteiger partial charge in [0.05, 0.1) is 17.3 Å². The highest BCUT2D eigenvalue weighted by Crippen LogP contribution is 2.29. The summed E-state index contributed by atoms with van der Waals surface area (Å²) in [5, 5.41) is 0. The summed E-state index contributed by atoms with van der Waals surface area (Å²) in [7, 11) is 1.83. The second-order valence-corrected chi connectivity index (χ2v) is 4.06. The fraction of sp³-hybridized carbons (Fsp3) is 0.0769. The van der Waals surface area contributed by atoms with E-state index in [1.54, 1.807) is 24.5 Å². The topological polar surface area (TPSA) is 56.7 Å². The maximum atomic E-state index is 13.9. The zero-order valence-corrected chi connectivity index (χ0v) is 9.76.